The third-order valence-corrected chi connectivity index (χ3v) is 2.41. The molecule has 1 amide bonds. The van der Waals surface area contributed by atoms with Crippen molar-refractivity contribution >= 4 is 17.4 Å². The number of nitrogens with two attached hydrogens (primary N) is 2. The van der Waals surface area contributed by atoms with Gasteiger partial charge in [0, 0.05) is 20.0 Å². The molecule has 16 heavy (non-hydrogen) atoms. The van der Waals surface area contributed by atoms with Gasteiger partial charge < -0.3 is 16.8 Å². The predicted octanol–water partition coefficient (Wildman–Crippen LogP) is 0.378. The van der Waals surface area contributed by atoms with E-state index in [1.54, 1.807) is 4.68 Å². The second-order valence-corrected chi connectivity index (χ2v) is 3.82. The maximum Gasteiger partial charge on any atom is 0.217 e. The lowest BCUT2D eigenvalue weighted by Gasteiger charge is -2.06. The summed E-state index contributed by atoms with van der Waals surface area (Å²) in [6.07, 6.45) is 2.10. The Morgan fingerprint density at radius 2 is 2.19 bits per heavy atom. The highest BCUT2D eigenvalue weighted by molar-refractivity contribution is 5.73. The molecule has 0 aliphatic rings. The van der Waals surface area contributed by atoms with Crippen molar-refractivity contribution in [2.75, 3.05) is 17.6 Å². The summed E-state index contributed by atoms with van der Waals surface area (Å²) in [6, 6.07) is 0. The minimum atomic E-state index is -0.254. The molecule has 6 heteroatoms. The molecule has 0 fully saturated rings. The fourth-order valence-electron chi connectivity index (χ4n) is 1.52. The number of hydrogen-bond acceptors (Lipinski definition) is 4. The van der Waals surface area contributed by atoms with E-state index in [0.29, 0.717) is 12.1 Å². The SMILES string of the molecule is Cc1nn(C)c(NCCCCC(N)=O)c1N. The lowest BCUT2D eigenvalue weighted by molar-refractivity contribution is -0.118. The van der Waals surface area contributed by atoms with Gasteiger partial charge in [-0.1, -0.05) is 0 Å². The van der Waals surface area contributed by atoms with Crippen molar-refractivity contribution in [3.63, 3.8) is 0 Å². The third-order valence-electron chi connectivity index (χ3n) is 2.41. The number of nitrogens with zero attached hydrogens (tertiary/aromatic N) is 2. The molecule has 0 saturated heterocycles. The highest BCUT2D eigenvalue weighted by Crippen LogP contribution is 2.20. The minimum Gasteiger partial charge on any atom is -0.394 e. The third kappa shape index (κ3) is 3.15. The summed E-state index contributed by atoms with van der Waals surface area (Å²) >= 11 is 0. The Hall–Kier alpha value is -1.72. The van der Waals surface area contributed by atoms with Crippen molar-refractivity contribution in [1.29, 1.82) is 0 Å². The smallest absolute Gasteiger partial charge is 0.217 e. The van der Waals surface area contributed by atoms with Gasteiger partial charge >= 0.3 is 0 Å². The number of primary amides is 1. The predicted molar refractivity (Wildman–Crippen MR) is 63.9 cm³/mol. The van der Waals surface area contributed by atoms with E-state index >= 15 is 0 Å². The van der Waals surface area contributed by atoms with Crippen LogP contribution in [-0.4, -0.2) is 22.2 Å². The van der Waals surface area contributed by atoms with E-state index in [-0.39, 0.29) is 5.91 Å². The number of nitrogen functional groups attached to an aromatic ring is 1. The molecule has 0 bridgehead atoms. The molecule has 0 aromatic carbocycles. The van der Waals surface area contributed by atoms with E-state index in [1.165, 1.54) is 0 Å². The number of carbonyl (C=O) groups is 1. The van der Waals surface area contributed by atoms with E-state index in [4.69, 9.17) is 11.5 Å². The van der Waals surface area contributed by atoms with E-state index < -0.39 is 0 Å². The van der Waals surface area contributed by atoms with Crippen molar-refractivity contribution in [2.45, 2.75) is 26.2 Å². The molecule has 0 saturated carbocycles. The van der Waals surface area contributed by atoms with Gasteiger partial charge in [0.05, 0.1) is 11.4 Å². The molecule has 1 aromatic heterocycles. The Morgan fingerprint density at radius 3 is 2.69 bits per heavy atom. The first-order chi connectivity index (χ1) is 7.52. The van der Waals surface area contributed by atoms with E-state index in [9.17, 15) is 4.79 Å². The number of unbranched alkanes of at least 4 members (excludes halogenated alkanes) is 1. The van der Waals surface area contributed by atoms with Crippen LogP contribution in [0, 0.1) is 6.92 Å². The number of nitrogens with one attached hydrogen (secondary N) is 1. The van der Waals surface area contributed by atoms with Gasteiger partial charge in [-0.2, -0.15) is 5.10 Å². The van der Waals surface area contributed by atoms with Crippen molar-refractivity contribution in [1.82, 2.24) is 9.78 Å². The fourth-order valence-corrected chi connectivity index (χ4v) is 1.52. The number of amides is 1. The fraction of sp³-hybridized carbons (Fsp3) is 0.600. The van der Waals surface area contributed by atoms with Gasteiger partial charge in [0.1, 0.15) is 5.82 Å². The molecule has 0 spiro atoms. The zero-order valence-corrected chi connectivity index (χ0v) is 9.79. The quantitative estimate of drug-likeness (QED) is 0.609. The summed E-state index contributed by atoms with van der Waals surface area (Å²) in [5, 5.41) is 7.39. The van der Waals surface area contributed by atoms with Crippen LogP contribution in [0.4, 0.5) is 11.5 Å². The van der Waals surface area contributed by atoms with Gasteiger partial charge in [-0.25, -0.2) is 0 Å². The van der Waals surface area contributed by atoms with Crippen LogP contribution in [0.25, 0.3) is 0 Å². The summed E-state index contributed by atoms with van der Waals surface area (Å²) in [5.74, 6) is 0.576. The molecule has 6 nitrogen and oxygen atoms in total. The highest BCUT2D eigenvalue weighted by atomic mass is 16.1. The monoisotopic (exact) mass is 225 g/mol. The zero-order valence-electron chi connectivity index (χ0n) is 9.79. The largest absolute Gasteiger partial charge is 0.394 e. The normalized spacial score (nSPS) is 10.4. The Balaban J connectivity index is 2.34. The number of aryl methyl sites for hydroxylation is 2. The average molecular weight is 225 g/mol. The summed E-state index contributed by atoms with van der Waals surface area (Å²) in [6.45, 7) is 2.63. The van der Waals surface area contributed by atoms with Crippen LogP contribution in [0.5, 0.6) is 0 Å². The van der Waals surface area contributed by atoms with Crippen molar-refractivity contribution in [3.05, 3.63) is 5.69 Å². The Kier molecular flexibility index (Phi) is 4.16. The van der Waals surface area contributed by atoms with Gasteiger partial charge in [0.2, 0.25) is 5.91 Å². The van der Waals surface area contributed by atoms with E-state index in [2.05, 4.69) is 10.4 Å². The molecular formula is C10H19N5O. The van der Waals surface area contributed by atoms with Crippen LogP contribution in [-0.2, 0) is 11.8 Å². The van der Waals surface area contributed by atoms with Gasteiger partial charge in [0.15, 0.2) is 0 Å². The maximum atomic E-state index is 10.5. The second-order valence-electron chi connectivity index (χ2n) is 3.82. The van der Waals surface area contributed by atoms with Gasteiger partial charge in [-0.15, -0.1) is 0 Å². The summed E-state index contributed by atoms with van der Waals surface area (Å²) in [5.41, 5.74) is 12.4. The first-order valence-corrected chi connectivity index (χ1v) is 5.33. The number of aromatic nitrogens is 2. The molecular weight excluding hydrogens is 206 g/mol. The van der Waals surface area contributed by atoms with Crippen LogP contribution in [0.3, 0.4) is 0 Å². The molecule has 90 valence electrons. The zero-order chi connectivity index (χ0) is 12.1. The van der Waals surface area contributed by atoms with Crippen molar-refractivity contribution < 1.29 is 4.79 Å². The first-order valence-electron chi connectivity index (χ1n) is 5.33. The molecule has 1 aromatic rings. The summed E-state index contributed by atoms with van der Waals surface area (Å²) in [4.78, 5) is 10.5. The van der Waals surface area contributed by atoms with E-state index in [1.807, 2.05) is 14.0 Å². The van der Waals surface area contributed by atoms with Gasteiger partial charge in [-0.3, -0.25) is 9.48 Å². The molecule has 5 N–H and O–H groups in total. The molecule has 0 aliphatic heterocycles. The standard InChI is InChI=1S/C10H19N5O/c1-7-9(12)10(15(2)14-7)13-6-4-3-5-8(11)16/h13H,3-6,12H2,1-2H3,(H2,11,16). The maximum absolute atomic E-state index is 10.5. The first kappa shape index (κ1) is 12.4. The lowest BCUT2D eigenvalue weighted by atomic mass is 10.2. The van der Waals surface area contributed by atoms with Crippen molar-refractivity contribution in [2.24, 2.45) is 12.8 Å². The van der Waals surface area contributed by atoms with Gasteiger partial charge in [0.25, 0.3) is 0 Å². The summed E-state index contributed by atoms with van der Waals surface area (Å²) < 4.78 is 1.72. The van der Waals surface area contributed by atoms with Crippen LogP contribution in [0.15, 0.2) is 0 Å². The Morgan fingerprint density at radius 1 is 1.50 bits per heavy atom. The highest BCUT2D eigenvalue weighted by Gasteiger charge is 2.08. The molecule has 0 radical (unpaired) electrons. The molecule has 1 heterocycles. The summed E-state index contributed by atoms with van der Waals surface area (Å²) in [7, 11) is 1.84. The van der Waals surface area contributed by atoms with Crippen LogP contribution in [0.2, 0.25) is 0 Å². The number of anilines is 2. The van der Waals surface area contributed by atoms with Crippen LogP contribution >= 0.6 is 0 Å². The number of rotatable bonds is 6. The second kappa shape index (κ2) is 5.39. The van der Waals surface area contributed by atoms with Crippen LogP contribution < -0.4 is 16.8 Å². The topological polar surface area (TPSA) is 99.0 Å². The number of carbonyl (C=O) groups excluding carboxylic acids is 1. The molecule has 0 aliphatic carbocycles. The molecule has 1 rings (SSSR count). The number of hydrogen-bond donors (Lipinski definition) is 3. The Bertz CT molecular complexity index is 372. The van der Waals surface area contributed by atoms with Gasteiger partial charge in [-0.05, 0) is 19.8 Å². The average Bonchev–Trinajstić information content (AvgIpc) is 2.43. The molecule has 0 atom stereocenters. The minimum absolute atomic E-state index is 0.254. The van der Waals surface area contributed by atoms with Crippen molar-refractivity contribution in [3.8, 4) is 0 Å². The van der Waals surface area contributed by atoms with E-state index in [0.717, 1.165) is 30.9 Å². The van der Waals surface area contributed by atoms with Crippen LogP contribution in [0.1, 0.15) is 25.0 Å². The Labute approximate surface area is 95.0 Å². The molecule has 0 unspecified atom stereocenters. The lowest BCUT2D eigenvalue weighted by Crippen LogP contribution is -2.12.